The summed E-state index contributed by atoms with van der Waals surface area (Å²) >= 11 is 0. The number of methoxy groups -OCH3 is 1. The molecule has 2 rings (SSSR count). The van der Waals surface area contributed by atoms with Crippen molar-refractivity contribution in [2.75, 3.05) is 7.11 Å². The minimum absolute atomic E-state index is 0.172. The van der Waals surface area contributed by atoms with E-state index in [4.69, 9.17) is 9.84 Å². The van der Waals surface area contributed by atoms with Crippen LogP contribution in [0.5, 0.6) is 11.5 Å². The summed E-state index contributed by atoms with van der Waals surface area (Å²) in [4.78, 5) is 3.90. The molecule has 7 heteroatoms. The van der Waals surface area contributed by atoms with Gasteiger partial charge < -0.3 is 14.6 Å². The first-order valence-electron chi connectivity index (χ1n) is 5.92. The SMILES string of the molecule is COc1cncc(-c2cc(CO)ccc2OC(F)(F)F)c1. The first kappa shape index (κ1) is 15.1. The highest BCUT2D eigenvalue weighted by Gasteiger charge is 2.32. The Kier molecular flexibility index (Phi) is 4.32. The van der Waals surface area contributed by atoms with Crippen molar-refractivity contribution in [3.63, 3.8) is 0 Å². The molecule has 1 N–H and O–H groups in total. The lowest BCUT2D eigenvalue weighted by molar-refractivity contribution is -0.274. The van der Waals surface area contributed by atoms with Crippen LogP contribution in [0.3, 0.4) is 0 Å². The summed E-state index contributed by atoms with van der Waals surface area (Å²) < 4.78 is 46.4. The molecule has 1 aromatic carbocycles. The summed E-state index contributed by atoms with van der Waals surface area (Å²) in [6, 6.07) is 5.47. The van der Waals surface area contributed by atoms with Crippen LogP contribution in [0.2, 0.25) is 0 Å². The van der Waals surface area contributed by atoms with Crippen LogP contribution >= 0.6 is 0 Å². The molecule has 1 heterocycles. The number of aromatic nitrogens is 1. The Morgan fingerprint density at radius 2 is 1.95 bits per heavy atom. The maximum atomic E-state index is 12.5. The summed E-state index contributed by atoms with van der Waals surface area (Å²) in [5.41, 5.74) is 1.02. The standard InChI is InChI=1S/C14H12F3NO3/c1-20-11-5-10(6-18-7-11)12-4-9(8-19)2-3-13(12)21-14(15,16)17/h2-7,19H,8H2,1H3. The van der Waals surface area contributed by atoms with E-state index in [-0.39, 0.29) is 17.9 Å². The zero-order valence-electron chi connectivity index (χ0n) is 11.0. The number of benzene rings is 1. The van der Waals surface area contributed by atoms with Crippen LogP contribution in [0.1, 0.15) is 5.56 Å². The lowest BCUT2D eigenvalue weighted by Crippen LogP contribution is -2.17. The van der Waals surface area contributed by atoms with Gasteiger partial charge in [0.05, 0.1) is 19.9 Å². The molecule has 0 aliphatic rings. The van der Waals surface area contributed by atoms with Crippen molar-refractivity contribution < 1.29 is 27.8 Å². The largest absolute Gasteiger partial charge is 0.573 e. The number of nitrogens with zero attached hydrogens (tertiary/aromatic N) is 1. The second-order valence-electron chi connectivity index (χ2n) is 4.15. The molecule has 21 heavy (non-hydrogen) atoms. The molecular weight excluding hydrogens is 287 g/mol. The van der Waals surface area contributed by atoms with Gasteiger partial charge in [-0.2, -0.15) is 0 Å². The third-order valence-electron chi connectivity index (χ3n) is 2.71. The smallest absolute Gasteiger partial charge is 0.495 e. The number of aliphatic hydroxyl groups is 1. The Bertz CT molecular complexity index is 629. The van der Waals surface area contributed by atoms with Crippen LogP contribution in [0, 0.1) is 0 Å². The van der Waals surface area contributed by atoms with E-state index in [0.29, 0.717) is 16.9 Å². The molecule has 4 nitrogen and oxygen atoms in total. The molecule has 0 saturated heterocycles. The Morgan fingerprint density at radius 1 is 1.19 bits per heavy atom. The second-order valence-corrected chi connectivity index (χ2v) is 4.15. The van der Waals surface area contributed by atoms with Gasteiger partial charge in [-0.3, -0.25) is 4.98 Å². The first-order chi connectivity index (χ1) is 9.93. The van der Waals surface area contributed by atoms with E-state index >= 15 is 0 Å². The number of alkyl halides is 3. The third kappa shape index (κ3) is 3.85. The van der Waals surface area contributed by atoms with E-state index in [1.807, 2.05) is 0 Å². The number of rotatable bonds is 4. The highest BCUT2D eigenvalue weighted by molar-refractivity contribution is 5.71. The fraction of sp³-hybridized carbons (Fsp3) is 0.214. The molecule has 0 radical (unpaired) electrons. The van der Waals surface area contributed by atoms with Crippen LogP contribution < -0.4 is 9.47 Å². The van der Waals surface area contributed by atoms with Gasteiger partial charge in [0.1, 0.15) is 11.5 Å². The van der Waals surface area contributed by atoms with Gasteiger partial charge in [-0.15, -0.1) is 13.2 Å². The summed E-state index contributed by atoms with van der Waals surface area (Å²) in [5, 5.41) is 9.13. The molecule has 0 aliphatic heterocycles. The normalized spacial score (nSPS) is 11.3. The quantitative estimate of drug-likeness (QED) is 0.942. The predicted octanol–water partition coefficient (Wildman–Crippen LogP) is 3.15. The lowest BCUT2D eigenvalue weighted by atomic mass is 10.0. The van der Waals surface area contributed by atoms with Crippen molar-refractivity contribution in [1.29, 1.82) is 0 Å². The van der Waals surface area contributed by atoms with Gasteiger partial charge in [0.15, 0.2) is 0 Å². The molecule has 0 fully saturated rings. The summed E-state index contributed by atoms with van der Waals surface area (Å²) in [6.07, 6.45) is -1.98. The molecular formula is C14H12F3NO3. The lowest BCUT2D eigenvalue weighted by Gasteiger charge is -2.14. The molecule has 0 bridgehead atoms. The van der Waals surface area contributed by atoms with E-state index < -0.39 is 6.36 Å². The number of aliphatic hydroxyl groups excluding tert-OH is 1. The van der Waals surface area contributed by atoms with Crippen LogP contribution in [0.15, 0.2) is 36.7 Å². The van der Waals surface area contributed by atoms with Gasteiger partial charge in [0, 0.05) is 17.3 Å². The average Bonchev–Trinajstić information content (AvgIpc) is 2.46. The van der Waals surface area contributed by atoms with Crippen molar-refractivity contribution >= 4 is 0 Å². The van der Waals surface area contributed by atoms with Gasteiger partial charge in [-0.1, -0.05) is 6.07 Å². The summed E-state index contributed by atoms with van der Waals surface area (Å²) in [7, 11) is 1.43. The van der Waals surface area contributed by atoms with Crippen molar-refractivity contribution in [3.8, 4) is 22.6 Å². The molecule has 0 unspecified atom stereocenters. The monoisotopic (exact) mass is 299 g/mol. The topological polar surface area (TPSA) is 51.6 Å². The summed E-state index contributed by atoms with van der Waals surface area (Å²) in [5.74, 6) is 0.0367. The Balaban J connectivity index is 2.52. The number of ether oxygens (including phenoxy) is 2. The van der Waals surface area contributed by atoms with Crippen LogP contribution in [0.25, 0.3) is 11.1 Å². The van der Waals surface area contributed by atoms with E-state index in [1.165, 1.54) is 37.7 Å². The molecule has 0 aliphatic carbocycles. The Labute approximate surface area is 118 Å². The minimum Gasteiger partial charge on any atom is -0.495 e. The zero-order valence-corrected chi connectivity index (χ0v) is 11.0. The van der Waals surface area contributed by atoms with Gasteiger partial charge >= 0.3 is 6.36 Å². The molecule has 0 spiro atoms. The minimum atomic E-state index is -4.80. The predicted molar refractivity (Wildman–Crippen MR) is 68.8 cm³/mol. The highest BCUT2D eigenvalue weighted by atomic mass is 19.4. The first-order valence-corrected chi connectivity index (χ1v) is 5.92. The number of hydrogen-bond donors (Lipinski definition) is 1. The Morgan fingerprint density at radius 3 is 2.57 bits per heavy atom. The Hall–Kier alpha value is -2.28. The van der Waals surface area contributed by atoms with Crippen LogP contribution in [-0.4, -0.2) is 23.6 Å². The fourth-order valence-corrected chi connectivity index (χ4v) is 1.79. The number of halogens is 3. The van der Waals surface area contributed by atoms with Crippen molar-refractivity contribution in [2.45, 2.75) is 13.0 Å². The highest BCUT2D eigenvalue weighted by Crippen LogP contribution is 2.35. The maximum absolute atomic E-state index is 12.5. The van der Waals surface area contributed by atoms with Gasteiger partial charge in [-0.25, -0.2) is 0 Å². The van der Waals surface area contributed by atoms with Crippen molar-refractivity contribution in [3.05, 3.63) is 42.2 Å². The molecule has 112 valence electrons. The molecule has 0 saturated carbocycles. The van der Waals surface area contributed by atoms with E-state index in [9.17, 15) is 13.2 Å². The van der Waals surface area contributed by atoms with E-state index in [1.54, 1.807) is 0 Å². The molecule has 1 aromatic heterocycles. The van der Waals surface area contributed by atoms with Crippen molar-refractivity contribution in [1.82, 2.24) is 4.98 Å². The zero-order chi connectivity index (χ0) is 15.5. The maximum Gasteiger partial charge on any atom is 0.573 e. The summed E-state index contributed by atoms with van der Waals surface area (Å²) in [6.45, 7) is -0.295. The number of hydrogen-bond acceptors (Lipinski definition) is 4. The van der Waals surface area contributed by atoms with Gasteiger partial charge in [0.25, 0.3) is 0 Å². The average molecular weight is 299 g/mol. The van der Waals surface area contributed by atoms with E-state index in [2.05, 4.69) is 9.72 Å². The van der Waals surface area contributed by atoms with Crippen LogP contribution in [-0.2, 0) is 6.61 Å². The fourth-order valence-electron chi connectivity index (χ4n) is 1.79. The molecule has 2 aromatic rings. The number of pyridine rings is 1. The van der Waals surface area contributed by atoms with Crippen LogP contribution in [0.4, 0.5) is 13.2 Å². The van der Waals surface area contributed by atoms with E-state index in [0.717, 1.165) is 6.07 Å². The van der Waals surface area contributed by atoms with Gasteiger partial charge in [0.2, 0.25) is 0 Å². The van der Waals surface area contributed by atoms with Crippen molar-refractivity contribution in [2.24, 2.45) is 0 Å². The third-order valence-corrected chi connectivity index (χ3v) is 2.71. The molecule has 0 amide bonds. The molecule has 0 atom stereocenters. The van der Waals surface area contributed by atoms with Gasteiger partial charge in [-0.05, 0) is 23.8 Å². The second kappa shape index (κ2) is 6.01.